The Morgan fingerprint density at radius 1 is 1.29 bits per heavy atom. The summed E-state index contributed by atoms with van der Waals surface area (Å²) in [6, 6.07) is -0.270. The first-order valence-corrected chi connectivity index (χ1v) is 5.89. The van der Waals surface area contributed by atoms with Crippen LogP contribution in [-0.4, -0.2) is 17.3 Å². The van der Waals surface area contributed by atoms with Gasteiger partial charge in [0.15, 0.2) is 0 Å². The van der Waals surface area contributed by atoms with Gasteiger partial charge in [-0.25, -0.2) is 0 Å². The molecule has 1 rings (SSSR count). The Morgan fingerprint density at radius 3 is 2.29 bits per heavy atom. The largest absolute Gasteiger partial charge is 0.373 e. The molecule has 0 saturated heterocycles. The minimum absolute atomic E-state index is 0.107. The SMILES string of the molecule is COC(c1noc(C(N)C(C)(C)C)n1)C(C)C. The van der Waals surface area contributed by atoms with E-state index >= 15 is 0 Å². The van der Waals surface area contributed by atoms with Crippen LogP contribution in [-0.2, 0) is 4.74 Å². The van der Waals surface area contributed by atoms with E-state index in [1.54, 1.807) is 7.11 Å². The van der Waals surface area contributed by atoms with Gasteiger partial charge in [0, 0.05) is 7.11 Å². The van der Waals surface area contributed by atoms with Gasteiger partial charge in [0.2, 0.25) is 11.7 Å². The van der Waals surface area contributed by atoms with Gasteiger partial charge in [0.25, 0.3) is 0 Å². The molecule has 0 radical (unpaired) electrons. The summed E-state index contributed by atoms with van der Waals surface area (Å²) in [5.74, 6) is 1.32. The average molecular weight is 241 g/mol. The highest BCUT2D eigenvalue weighted by atomic mass is 16.5. The number of nitrogens with two attached hydrogens (primary N) is 1. The second-order valence-electron chi connectivity index (χ2n) is 5.73. The third-order valence-electron chi connectivity index (χ3n) is 2.77. The standard InChI is InChI=1S/C12H23N3O2/c1-7(2)8(16-6)10-14-11(17-15-10)9(13)12(3,4)5/h7-9H,13H2,1-6H3. The third kappa shape index (κ3) is 3.26. The van der Waals surface area contributed by atoms with Crippen molar-refractivity contribution in [3.8, 4) is 0 Å². The zero-order valence-corrected chi connectivity index (χ0v) is 11.5. The molecule has 0 fully saturated rings. The lowest BCUT2D eigenvalue weighted by molar-refractivity contribution is 0.0555. The minimum atomic E-state index is -0.270. The fourth-order valence-corrected chi connectivity index (χ4v) is 1.54. The molecule has 98 valence electrons. The van der Waals surface area contributed by atoms with Gasteiger partial charge in [-0.05, 0) is 11.3 Å². The van der Waals surface area contributed by atoms with E-state index in [4.69, 9.17) is 15.0 Å². The van der Waals surface area contributed by atoms with Gasteiger partial charge in [-0.1, -0.05) is 39.8 Å². The molecule has 1 aromatic rings. The quantitative estimate of drug-likeness (QED) is 0.876. The molecule has 1 heterocycles. The van der Waals surface area contributed by atoms with Gasteiger partial charge in [-0.2, -0.15) is 4.98 Å². The van der Waals surface area contributed by atoms with E-state index in [9.17, 15) is 0 Å². The number of aromatic nitrogens is 2. The first kappa shape index (κ1) is 14.1. The summed E-state index contributed by atoms with van der Waals surface area (Å²) in [5.41, 5.74) is 5.96. The molecule has 0 spiro atoms. The van der Waals surface area contributed by atoms with Crippen LogP contribution in [0.3, 0.4) is 0 Å². The van der Waals surface area contributed by atoms with Crippen LogP contribution in [0.2, 0.25) is 0 Å². The molecule has 0 aromatic carbocycles. The first-order chi connectivity index (χ1) is 7.77. The maximum Gasteiger partial charge on any atom is 0.244 e. The molecule has 0 bridgehead atoms. The monoisotopic (exact) mass is 241 g/mol. The molecule has 5 nitrogen and oxygen atoms in total. The van der Waals surface area contributed by atoms with Gasteiger partial charge >= 0.3 is 0 Å². The molecular weight excluding hydrogens is 218 g/mol. The molecular formula is C12H23N3O2. The van der Waals surface area contributed by atoms with Gasteiger partial charge in [0.1, 0.15) is 6.10 Å². The maximum absolute atomic E-state index is 6.07. The maximum atomic E-state index is 6.07. The van der Waals surface area contributed by atoms with Crippen molar-refractivity contribution in [1.82, 2.24) is 10.1 Å². The molecule has 5 heteroatoms. The summed E-state index contributed by atoms with van der Waals surface area (Å²) in [6.07, 6.45) is -0.153. The Balaban J connectivity index is 2.91. The fraction of sp³-hybridized carbons (Fsp3) is 0.833. The van der Waals surface area contributed by atoms with Crippen molar-refractivity contribution in [2.75, 3.05) is 7.11 Å². The number of hydrogen-bond donors (Lipinski definition) is 1. The summed E-state index contributed by atoms with van der Waals surface area (Å²) in [6.45, 7) is 10.2. The van der Waals surface area contributed by atoms with Crippen molar-refractivity contribution in [1.29, 1.82) is 0 Å². The lowest BCUT2D eigenvalue weighted by atomic mass is 9.87. The van der Waals surface area contributed by atoms with Crippen LogP contribution in [0, 0.1) is 11.3 Å². The van der Waals surface area contributed by atoms with Crippen LogP contribution in [0.15, 0.2) is 4.52 Å². The van der Waals surface area contributed by atoms with Crippen molar-refractivity contribution in [3.63, 3.8) is 0 Å². The second-order valence-corrected chi connectivity index (χ2v) is 5.73. The number of nitrogens with zero attached hydrogens (tertiary/aromatic N) is 2. The molecule has 0 aliphatic rings. The van der Waals surface area contributed by atoms with Crippen molar-refractivity contribution in [2.45, 2.75) is 46.8 Å². The van der Waals surface area contributed by atoms with E-state index < -0.39 is 0 Å². The van der Waals surface area contributed by atoms with Crippen LogP contribution >= 0.6 is 0 Å². The Morgan fingerprint density at radius 2 is 1.88 bits per heavy atom. The van der Waals surface area contributed by atoms with Crippen molar-refractivity contribution >= 4 is 0 Å². The molecule has 2 atom stereocenters. The fourth-order valence-electron chi connectivity index (χ4n) is 1.54. The predicted molar refractivity (Wildman–Crippen MR) is 65.3 cm³/mol. The van der Waals surface area contributed by atoms with Crippen LogP contribution < -0.4 is 5.73 Å². The smallest absolute Gasteiger partial charge is 0.244 e. The Bertz CT molecular complexity index is 338. The highest BCUT2D eigenvalue weighted by Crippen LogP contribution is 2.31. The van der Waals surface area contributed by atoms with Crippen LogP contribution in [0.4, 0.5) is 0 Å². The molecule has 0 aliphatic carbocycles. The topological polar surface area (TPSA) is 74.2 Å². The molecule has 2 N–H and O–H groups in total. The van der Waals surface area contributed by atoms with E-state index in [0.717, 1.165) is 0 Å². The van der Waals surface area contributed by atoms with E-state index in [2.05, 4.69) is 10.1 Å². The van der Waals surface area contributed by atoms with E-state index in [0.29, 0.717) is 11.7 Å². The van der Waals surface area contributed by atoms with Crippen LogP contribution in [0.1, 0.15) is 58.5 Å². The zero-order valence-electron chi connectivity index (χ0n) is 11.5. The average Bonchev–Trinajstić information content (AvgIpc) is 2.64. The van der Waals surface area contributed by atoms with Crippen molar-refractivity contribution in [2.24, 2.45) is 17.1 Å². The Kier molecular flexibility index (Phi) is 4.27. The lowest BCUT2D eigenvalue weighted by Gasteiger charge is -2.23. The highest BCUT2D eigenvalue weighted by Gasteiger charge is 2.29. The molecule has 17 heavy (non-hydrogen) atoms. The lowest BCUT2D eigenvalue weighted by Crippen LogP contribution is -2.26. The first-order valence-electron chi connectivity index (χ1n) is 5.89. The van der Waals surface area contributed by atoms with E-state index in [1.165, 1.54) is 0 Å². The van der Waals surface area contributed by atoms with E-state index in [1.807, 2.05) is 34.6 Å². The second kappa shape index (κ2) is 5.14. The minimum Gasteiger partial charge on any atom is -0.373 e. The Hall–Kier alpha value is -0.940. The molecule has 0 amide bonds. The third-order valence-corrected chi connectivity index (χ3v) is 2.77. The summed E-state index contributed by atoms with van der Waals surface area (Å²) in [7, 11) is 1.64. The Labute approximate surface area is 103 Å². The van der Waals surface area contributed by atoms with Gasteiger partial charge in [-0.15, -0.1) is 0 Å². The number of rotatable bonds is 4. The summed E-state index contributed by atoms with van der Waals surface area (Å²) in [4.78, 5) is 4.34. The molecule has 0 aliphatic heterocycles. The summed E-state index contributed by atoms with van der Waals surface area (Å²) in [5, 5.41) is 3.95. The predicted octanol–water partition coefficient (Wildman–Crippen LogP) is 2.46. The summed E-state index contributed by atoms with van der Waals surface area (Å²) < 4.78 is 10.6. The highest BCUT2D eigenvalue weighted by molar-refractivity contribution is 4.99. The van der Waals surface area contributed by atoms with Crippen LogP contribution in [0.25, 0.3) is 0 Å². The zero-order chi connectivity index (χ0) is 13.2. The number of methoxy groups -OCH3 is 1. The van der Waals surface area contributed by atoms with Crippen molar-refractivity contribution in [3.05, 3.63) is 11.7 Å². The van der Waals surface area contributed by atoms with Crippen LogP contribution in [0.5, 0.6) is 0 Å². The van der Waals surface area contributed by atoms with E-state index in [-0.39, 0.29) is 23.5 Å². The van der Waals surface area contributed by atoms with Gasteiger partial charge in [-0.3, -0.25) is 0 Å². The van der Waals surface area contributed by atoms with Gasteiger partial charge < -0.3 is 15.0 Å². The molecule has 0 saturated carbocycles. The number of hydrogen-bond acceptors (Lipinski definition) is 5. The normalized spacial score (nSPS) is 16.2. The molecule has 1 aromatic heterocycles. The number of ether oxygens (including phenoxy) is 1. The summed E-state index contributed by atoms with van der Waals surface area (Å²) >= 11 is 0. The van der Waals surface area contributed by atoms with Gasteiger partial charge in [0.05, 0.1) is 6.04 Å². The van der Waals surface area contributed by atoms with Crippen molar-refractivity contribution < 1.29 is 9.26 Å². The molecule has 2 unspecified atom stereocenters.